The number of aliphatic imine (C=N–C) groups is 1. The number of carbonyl (C=O) groups is 2. The number of esters is 1. The van der Waals surface area contributed by atoms with Crippen molar-refractivity contribution >= 4 is 40.6 Å². The first-order valence-electron chi connectivity index (χ1n) is 8.81. The summed E-state index contributed by atoms with van der Waals surface area (Å²) in [6.45, 7) is 4.04. The van der Waals surface area contributed by atoms with Gasteiger partial charge in [0.15, 0.2) is 5.17 Å². The zero-order valence-electron chi connectivity index (χ0n) is 16.1. The van der Waals surface area contributed by atoms with Crippen LogP contribution in [0.2, 0.25) is 0 Å². The van der Waals surface area contributed by atoms with E-state index in [9.17, 15) is 9.59 Å². The number of rotatable bonds is 6. The summed E-state index contributed by atoms with van der Waals surface area (Å²) < 4.78 is 10.3. The topological polar surface area (TPSA) is 68.2 Å². The SMILES string of the molecule is C=CCOc1ccccc1/C=C1/SC(=Nc2ccc(C(=O)OC)cc2)N(C)C1=O. The Balaban J connectivity index is 1.84. The lowest BCUT2D eigenvalue weighted by Crippen LogP contribution is -2.23. The summed E-state index contributed by atoms with van der Waals surface area (Å²) in [5.41, 5.74) is 1.88. The smallest absolute Gasteiger partial charge is 0.337 e. The molecule has 0 aliphatic carbocycles. The van der Waals surface area contributed by atoms with E-state index in [0.717, 1.165) is 5.56 Å². The van der Waals surface area contributed by atoms with Crippen molar-refractivity contribution in [3.8, 4) is 5.75 Å². The largest absolute Gasteiger partial charge is 0.489 e. The summed E-state index contributed by atoms with van der Waals surface area (Å²) >= 11 is 1.28. The minimum atomic E-state index is -0.408. The molecule has 1 aliphatic rings. The summed E-state index contributed by atoms with van der Waals surface area (Å²) in [6, 6.07) is 14.2. The Labute approximate surface area is 173 Å². The number of nitrogens with zero attached hydrogens (tertiary/aromatic N) is 2. The van der Waals surface area contributed by atoms with Gasteiger partial charge in [0.1, 0.15) is 12.4 Å². The van der Waals surface area contributed by atoms with Crippen molar-refractivity contribution in [3.63, 3.8) is 0 Å². The molecule has 0 radical (unpaired) electrons. The van der Waals surface area contributed by atoms with Gasteiger partial charge in [-0.2, -0.15) is 0 Å². The molecule has 0 aromatic heterocycles. The second-order valence-corrected chi connectivity index (χ2v) is 7.05. The molecule has 1 amide bonds. The average Bonchev–Trinajstić information content (AvgIpc) is 3.01. The Morgan fingerprint density at radius 3 is 2.62 bits per heavy atom. The lowest BCUT2D eigenvalue weighted by Gasteiger charge is -2.08. The highest BCUT2D eigenvalue weighted by atomic mass is 32.2. The van der Waals surface area contributed by atoms with E-state index < -0.39 is 5.97 Å². The number of amides is 1. The van der Waals surface area contributed by atoms with Crippen LogP contribution in [-0.4, -0.2) is 42.7 Å². The third-order valence-corrected chi connectivity index (χ3v) is 5.14. The Bertz CT molecular complexity index is 996. The molecule has 2 aromatic rings. The Hall–Kier alpha value is -3.32. The van der Waals surface area contributed by atoms with Crippen molar-refractivity contribution in [1.29, 1.82) is 0 Å². The maximum atomic E-state index is 12.7. The van der Waals surface area contributed by atoms with Crippen LogP contribution < -0.4 is 4.74 Å². The summed E-state index contributed by atoms with van der Waals surface area (Å²) in [7, 11) is 3.01. The van der Waals surface area contributed by atoms with Gasteiger partial charge in [0.2, 0.25) is 0 Å². The molecule has 0 saturated carbocycles. The van der Waals surface area contributed by atoms with Crippen LogP contribution in [0.25, 0.3) is 6.08 Å². The van der Waals surface area contributed by atoms with E-state index in [1.54, 1.807) is 43.5 Å². The predicted octanol–water partition coefficient (Wildman–Crippen LogP) is 4.27. The van der Waals surface area contributed by atoms with Crippen LogP contribution in [-0.2, 0) is 9.53 Å². The lowest BCUT2D eigenvalue weighted by atomic mass is 10.2. The summed E-state index contributed by atoms with van der Waals surface area (Å²) in [4.78, 5) is 30.8. The fourth-order valence-electron chi connectivity index (χ4n) is 2.57. The van der Waals surface area contributed by atoms with Crippen LogP contribution in [0.4, 0.5) is 5.69 Å². The predicted molar refractivity (Wildman–Crippen MR) is 115 cm³/mol. The second kappa shape index (κ2) is 9.25. The van der Waals surface area contributed by atoms with Crippen molar-refractivity contribution in [2.45, 2.75) is 0 Å². The van der Waals surface area contributed by atoms with Gasteiger partial charge in [-0.1, -0.05) is 30.9 Å². The molecule has 1 heterocycles. The molecule has 1 aliphatic heterocycles. The van der Waals surface area contributed by atoms with E-state index in [4.69, 9.17) is 9.47 Å². The molecule has 3 rings (SSSR count). The van der Waals surface area contributed by atoms with E-state index in [-0.39, 0.29) is 5.91 Å². The minimum Gasteiger partial charge on any atom is -0.489 e. The molecule has 2 aromatic carbocycles. The number of methoxy groups -OCH3 is 1. The molecule has 1 saturated heterocycles. The highest BCUT2D eigenvalue weighted by Gasteiger charge is 2.30. The maximum Gasteiger partial charge on any atom is 0.337 e. The number of likely N-dealkylation sites (N-methyl/N-ethyl adjacent to an activating group) is 1. The summed E-state index contributed by atoms with van der Waals surface area (Å²) in [5, 5.41) is 0.552. The van der Waals surface area contributed by atoms with Gasteiger partial charge in [0.05, 0.1) is 23.3 Å². The number of para-hydroxylation sites is 1. The van der Waals surface area contributed by atoms with Crippen LogP contribution in [0, 0.1) is 0 Å². The first-order chi connectivity index (χ1) is 14.0. The molecule has 1 fully saturated rings. The number of amidine groups is 1. The van der Waals surface area contributed by atoms with E-state index >= 15 is 0 Å². The van der Waals surface area contributed by atoms with Crippen LogP contribution in [0.1, 0.15) is 15.9 Å². The summed E-state index contributed by atoms with van der Waals surface area (Å²) in [5.74, 6) is 0.132. The quantitative estimate of drug-likeness (QED) is 0.406. The summed E-state index contributed by atoms with van der Waals surface area (Å²) in [6.07, 6.45) is 3.47. The highest BCUT2D eigenvalue weighted by molar-refractivity contribution is 8.18. The van der Waals surface area contributed by atoms with E-state index in [1.165, 1.54) is 23.8 Å². The molecule has 0 N–H and O–H groups in total. The van der Waals surface area contributed by atoms with Gasteiger partial charge >= 0.3 is 5.97 Å². The van der Waals surface area contributed by atoms with Gasteiger partial charge in [-0.3, -0.25) is 9.69 Å². The van der Waals surface area contributed by atoms with E-state index in [2.05, 4.69) is 11.6 Å². The Kier molecular flexibility index (Phi) is 6.51. The van der Waals surface area contributed by atoms with Crippen molar-refractivity contribution in [3.05, 3.63) is 77.2 Å². The number of hydrogen-bond donors (Lipinski definition) is 0. The molecular formula is C22H20N2O4S. The molecule has 0 unspecified atom stereocenters. The van der Waals surface area contributed by atoms with Crippen molar-refractivity contribution < 1.29 is 19.1 Å². The van der Waals surface area contributed by atoms with Crippen molar-refractivity contribution in [1.82, 2.24) is 4.90 Å². The van der Waals surface area contributed by atoms with E-state index in [1.807, 2.05) is 24.3 Å². The van der Waals surface area contributed by atoms with Crippen LogP contribution >= 0.6 is 11.8 Å². The molecule has 6 nitrogen and oxygen atoms in total. The molecular weight excluding hydrogens is 388 g/mol. The number of ether oxygens (including phenoxy) is 2. The standard InChI is InChI=1S/C22H20N2O4S/c1-4-13-28-18-8-6-5-7-16(18)14-19-20(25)24(2)22(29-19)23-17-11-9-15(10-12-17)21(26)27-3/h4-12,14H,1,13H2,2-3H3/b19-14+,23-22?. The van der Waals surface area contributed by atoms with Gasteiger partial charge in [-0.05, 0) is 48.2 Å². The van der Waals surface area contributed by atoms with Gasteiger partial charge in [-0.15, -0.1) is 0 Å². The minimum absolute atomic E-state index is 0.140. The Morgan fingerprint density at radius 2 is 1.93 bits per heavy atom. The lowest BCUT2D eigenvalue weighted by molar-refractivity contribution is -0.121. The number of hydrogen-bond acceptors (Lipinski definition) is 6. The zero-order chi connectivity index (χ0) is 20.8. The van der Waals surface area contributed by atoms with E-state index in [0.29, 0.717) is 33.7 Å². The number of carbonyl (C=O) groups excluding carboxylic acids is 2. The van der Waals surface area contributed by atoms with Crippen LogP contribution in [0.5, 0.6) is 5.75 Å². The molecule has 0 spiro atoms. The van der Waals surface area contributed by atoms with Gasteiger partial charge in [0, 0.05) is 12.6 Å². The molecule has 7 heteroatoms. The first-order valence-corrected chi connectivity index (χ1v) is 9.62. The normalized spacial score (nSPS) is 16.3. The zero-order valence-corrected chi connectivity index (χ0v) is 16.9. The average molecular weight is 408 g/mol. The number of benzene rings is 2. The van der Waals surface area contributed by atoms with Gasteiger partial charge in [0.25, 0.3) is 5.91 Å². The fraction of sp³-hybridized carbons (Fsp3) is 0.136. The Morgan fingerprint density at radius 1 is 1.21 bits per heavy atom. The first kappa shape index (κ1) is 20.4. The van der Waals surface area contributed by atoms with Gasteiger partial charge in [-0.25, -0.2) is 9.79 Å². The molecule has 0 atom stereocenters. The second-order valence-electron chi connectivity index (χ2n) is 6.05. The van der Waals surface area contributed by atoms with Crippen molar-refractivity contribution in [2.75, 3.05) is 20.8 Å². The molecule has 0 bridgehead atoms. The van der Waals surface area contributed by atoms with Crippen LogP contribution in [0.3, 0.4) is 0 Å². The highest BCUT2D eigenvalue weighted by Crippen LogP contribution is 2.34. The maximum absolute atomic E-state index is 12.7. The number of thioether (sulfide) groups is 1. The fourth-order valence-corrected chi connectivity index (χ4v) is 3.55. The molecule has 148 valence electrons. The van der Waals surface area contributed by atoms with Crippen LogP contribution in [0.15, 0.2) is 71.1 Å². The molecule has 29 heavy (non-hydrogen) atoms. The monoisotopic (exact) mass is 408 g/mol. The third-order valence-electron chi connectivity index (χ3n) is 4.08. The van der Waals surface area contributed by atoms with Gasteiger partial charge < -0.3 is 9.47 Å². The third kappa shape index (κ3) is 4.75. The van der Waals surface area contributed by atoms with Crippen molar-refractivity contribution in [2.24, 2.45) is 4.99 Å².